The lowest BCUT2D eigenvalue weighted by molar-refractivity contribution is -0.140. The summed E-state index contributed by atoms with van der Waals surface area (Å²) in [5, 5.41) is 2.51. The molecule has 7 heteroatoms. The lowest BCUT2D eigenvalue weighted by atomic mass is 10.1. The van der Waals surface area contributed by atoms with Crippen LogP contribution in [0, 0.1) is 11.6 Å². The van der Waals surface area contributed by atoms with Crippen molar-refractivity contribution in [3.05, 3.63) is 35.4 Å². The summed E-state index contributed by atoms with van der Waals surface area (Å²) in [5.74, 6) is -2.27. The molecule has 1 unspecified atom stereocenters. The summed E-state index contributed by atoms with van der Waals surface area (Å²) < 4.78 is 31.1. The minimum Gasteiger partial charge on any atom is -0.469 e. The first kappa shape index (κ1) is 17.9. The number of amides is 2. The van der Waals surface area contributed by atoms with Crippen LogP contribution in [-0.2, 0) is 16.1 Å². The third kappa shape index (κ3) is 4.98. The van der Waals surface area contributed by atoms with E-state index in [1.165, 1.54) is 24.1 Å². The van der Waals surface area contributed by atoms with Crippen molar-refractivity contribution >= 4 is 12.0 Å². The molecule has 0 aliphatic rings. The molecule has 5 nitrogen and oxygen atoms in total. The van der Waals surface area contributed by atoms with E-state index >= 15 is 0 Å². The molecule has 0 saturated carbocycles. The molecule has 0 spiro atoms. The van der Waals surface area contributed by atoms with Crippen LogP contribution in [0.4, 0.5) is 13.6 Å². The number of hydrogen-bond donors (Lipinski definition) is 1. The normalized spacial score (nSPS) is 11.7. The number of carbonyl (C=O) groups is 2. The number of urea groups is 1. The Morgan fingerprint density at radius 2 is 2.05 bits per heavy atom. The maximum absolute atomic E-state index is 13.5. The molecule has 1 aromatic carbocycles. The van der Waals surface area contributed by atoms with E-state index in [0.717, 1.165) is 6.07 Å². The van der Waals surface area contributed by atoms with Gasteiger partial charge in [0.2, 0.25) is 0 Å². The van der Waals surface area contributed by atoms with E-state index < -0.39 is 17.7 Å². The second kappa shape index (κ2) is 8.31. The van der Waals surface area contributed by atoms with Gasteiger partial charge in [-0.2, -0.15) is 0 Å². The van der Waals surface area contributed by atoms with Crippen molar-refractivity contribution in [2.45, 2.75) is 32.4 Å². The minimum atomic E-state index is -0.968. The summed E-state index contributed by atoms with van der Waals surface area (Å²) in [4.78, 5) is 24.4. The van der Waals surface area contributed by atoms with Gasteiger partial charge in [-0.25, -0.2) is 13.6 Å². The fourth-order valence-corrected chi connectivity index (χ4v) is 1.80. The first-order chi connectivity index (χ1) is 10.4. The monoisotopic (exact) mass is 314 g/mol. The molecule has 1 atom stereocenters. The third-order valence-electron chi connectivity index (χ3n) is 3.44. The van der Waals surface area contributed by atoms with Gasteiger partial charge in [-0.3, -0.25) is 4.79 Å². The highest BCUT2D eigenvalue weighted by Gasteiger charge is 2.17. The number of halogens is 2. The van der Waals surface area contributed by atoms with Gasteiger partial charge in [0.05, 0.1) is 7.11 Å². The van der Waals surface area contributed by atoms with Gasteiger partial charge in [0, 0.05) is 31.6 Å². The van der Waals surface area contributed by atoms with Gasteiger partial charge >= 0.3 is 12.0 Å². The molecule has 2 amide bonds. The summed E-state index contributed by atoms with van der Waals surface area (Å²) in [7, 11) is 2.87. The number of hydrogen-bond acceptors (Lipinski definition) is 3. The molecule has 22 heavy (non-hydrogen) atoms. The molecule has 0 aromatic heterocycles. The Morgan fingerprint density at radius 1 is 1.36 bits per heavy atom. The van der Waals surface area contributed by atoms with Crippen molar-refractivity contribution < 1.29 is 23.1 Å². The molecule has 122 valence electrons. The summed E-state index contributed by atoms with van der Waals surface area (Å²) in [6.45, 7) is 1.67. The highest BCUT2D eigenvalue weighted by Crippen LogP contribution is 2.11. The SMILES string of the molecule is COC(=O)CCC(C)N(C)C(=O)NCc1cccc(F)c1F. The Morgan fingerprint density at radius 3 is 2.68 bits per heavy atom. The summed E-state index contributed by atoms with van der Waals surface area (Å²) in [6.07, 6.45) is 0.652. The van der Waals surface area contributed by atoms with E-state index in [1.807, 2.05) is 0 Å². The molecule has 0 saturated heterocycles. The molecule has 0 aliphatic carbocycles. The molecule has 0 heterocycles. The van der Waals surface area contributed by atoms with Gasteiger partial charge in [0.1, 0.15) is 0 Å². The van der Waals surface area contributed by atoms with Crippen molar-refractivity contribution in [2.75, 3.05) is 14.2 Å². The van der Waals surface area contributed by atoms with Crippen molar-refractivity contribution in [2.24, 2.45) is 0 Å². The summed E-state index contributed by atoms with van der Waals surface area (Å²) >= 11 is 0. The van der Waals surface area contributed by atoms with Crippen molar-refractivity contribution in [3.8, 4) is 0 Å². The van der Waals surface area contributed by atoms with Crippen LogP contribution >= 0.6 is 0 Å². The largest absolute Gasteiger partial charge is 0.469 e. The molecule has 0 bridgehead atoms. The van der Waals surface area contributed by atoms with Crippen LogP contribution in [0.1, 0.15) is 25.3 Å². The zero-order chi connectivity index (χ0) is 16.7. The quantitative estimate of drug-likeness (QED) is 0.821. The number of rotatable bonds is 6. The van der Waals surface area contributed by atoms with Gasteiger partial charge in [0.15, 0.2) is 11.6 Å². The zero-order valence-corrected chi connectivity index (χ0v) is 12.9. The van der Waals surface area contributed by atoms with Crippen LogP contribution in [-0.4, -0.2) is 37.1 Å². The average molecular weight is 314 g/mol. The van der Waals surface area contributed by atoms with Crippen LogP contribution in [0.15, 0.2) is 18.2 Å². The molecule has 0 aliphatic heterocycles. The molecular formula is C15H20F2N2O3. The molecule has 1 aromatic rings. The number of esters is 1. The Balaban J connectivity index is 2.50. The summed E-state index contributed by atoms with van der Waals surface area (Å²) in [5.41, 5.74) is 0.0731. The van der Waals surface area contributed by atoms with Crippen molar-refractivity contribution in [1.29, 1.82) is 0 Å². The minimum absolute atomic E-state index is 0.0731. The predicted molar refractivity (Wildman–Crippen MR) is 77.1 cm³/mol. The lowest BCUT2D eigenvalue weighted by Crippen LogP contribution is -2.42. The van der Waals surface area contributed by atoms with Crippen LogP contribution in [0.5, 0.6) is 0 Å². The Labute approximate surface area is 128 Å². The standard InChI is InChI=1S/C15H20F2N2O3/c1-10(7-8-13(20)22-3)19(2)15(21)18-9-11-5-4-6-12(16)14(11)17/h4-6,10H,7-9H2,1-3H3,(H,18,21). The van der Waals surface area contributed by atoms with Crippen molar-refractivity contribution in [3.63, 3.8) is 0 Å². The molecule has 0 fully saturated rings. The Bertz CT molecular complexity index is 538. The van der Waals surface area contributed by atoms with Gasteiger partial charge < -0.3 is 15.0 Å². The maximum Gasteiger partial charge on any atom is 0.317 e. The van der Waals surface area contributed by atoms with E-state index in [1.54, 1.807) is 14.0 Å². The first-order valence-electron chi connectivity index (χ1n) is 6.87. The van der Waals surface area contributed by atoms with E-state index in [4.69, 9.17) is 0 Å². The number of carbonyl (C=O) groups excluding carboxylic acids is 2. The van der Waals surface area contributed by atoms with Gasteiger partial charge in [-0.1, -0.05) is 12.1 Å². The highest BCUT2D eigenvalue weighted by molar-refractivity contribution is 5.74. The predicted octanol–water partition coefficient (Wildman–Crippen LogP) is 2.45. The van der Waals surface area contributed by atoms with E-state index in [0.29, 0.717) is 6.42 Å². The number of nitrogens with zero attached hydrogens (tertiary/aromatic N) is 1. The topological polar surface area (TPSA) is 58.6 Å². The molecular weight excluding hydrogens is 294 g/mol. The van der Waals surface area contributed by atoms with Gasteiger partial charge in [-0.15, -0.1) is 0 Å². The maximum atomic E-state index is 13.5. The lowest BCUT2D eigenvalue weighted by Gasteiger charge is -2.25. The molecule has 1 rings (SSSR count). The fourth-order valence-electron chi connectivity index (χ4n) is 1.80. The zero-order valence-electron chi connectivity index (χ0n) is 12.9. The van der Waals surface area contributed by atoms with Crippen LogP contribution in [0.3, 0.4) is 0 Å². The Hall–Kier alpha value is -2.18. The Kier molecular flexibility index (Phi) is 6.75. The summed E-state index contributed by atoms with van der Waals surface area (Å²) in [6, 6.07) is 3.17. The van der Waals surface area contributed by atoms with Crippen molar-refractivity contribution in [1.82, 2.24) is 10.2 Å². The number of benzene rings is 1. The molecule has 1 N–H and O–H groups in total. The van der Waals surface area contributed by atoms with Crippen LogP contribution < -0.4 is 5.32 Å². The third-order valence-corrected chi connectivity index (χ3v) is 3.44. The van der Waals surface area contributed by atoms with E-state index in [2.05, 4.69) is 10.1 Å². The second-order valence-corrected chi connectivity index (χ2v) is 4.95. The van der Waals surface area contributed by atoms with Crippen LogP contribution in [0.2, 0.25) is 0 Å². The van der Waals surface area contributed by atoms with Gasteiger partial charge in [0.25, 0.3) is 0 Å². The second-order valence-electron chi connectivity index (χ2n) is 4.95. The van der Waals surface area contributed by atoms with Crippen LogP contribution in [0.25, 0.3) is 0 Å². The number of ether oxygens (including phenoxy) is 1. The number of nitrogens with one attached hydrogen (secondary N) is 1. The fraction of sp³-hybridized carbons (Fsp3) is 0.467. The highest BCUT2D eigenvalue weighted by atomic mass is 19.2. The van der Waals surface area contributed by atoms with E-state index in [9.17, 15) is 18.4 Å². The first-order valence-corrected chi connectivity index (χ1v) is 6.87. The smallest absolute Gasteiger partial charge is 0.317 e. The molecule has 0 radical (unpaired) electrons. The van der Waals surface area contributed by atoms with Gasteiger partial charge in [-0.05, 0) is 19.4 Å². The van der Waals surface area contributed by atoms with E-state index in [-0.39, 0.29) is 30.5 Å². The average Bonchev–Trinajstić information content (AvgIpc) is 2.52. The number of methoxy groups -OCH3 is 1.